The first kappa shape index (κ1) is 38.3. The smallest absolute Gasteiger partial charge is 0.164 e. The molecule has 1 N–H and O–H groups in total. The van der Waals surface area contributed by atoms with Gasteiger partial charge in [-0.1, -0.05) is 127 Å². The number of hydrogen-bond donors (Lipinski definition) is 1. The Kier molecular flexibility index (Phi) is 12.1. The first-order chi connectivity index (χ1) is 20.1. The maximum Gasteiger partial charge on any atom is 0.164 e. The predicted octanol–water partition coefficient (Wildman–Crippen LogP) is 11.2. The second kappa shape index (κ2) is 14.3. The molecule has 0 fully saturated rings. The van der Waals surface area contributed by atoms with Crippen molar-refractivity contribution in [2.45, 2.75) is 114 Å². The monoisotopic (exact) mass is 786 g/mol. The van der Waals surface area contributed by atoms with Gasteiger partial charge in [0, 0.05) is 48.3 Å². The van der Waals surface area contributed by atoms with E-state index in [9.17, 15) is 9.90 Å². The summed E-state index contributed by atoms with van der Waals surface area (Å²) in [5, 5.41) is 13.2. The molecule has 245 valence electrons. The summed E-state index contributed by atoms with van der Waals surface area (Å²) < 4.78 is 0. The van der Waals surface area contributed by atoms with E-state index in [1.807, 2.05) is 41.5 Å². The summed E-state index contributed by atoms with van der Waals surface area (Å²) in [5.41, 5.74) is 6.19. The van der Waals surface area contributed by atoms with Crippen molar-refractivity contribution in [2.24, 2.45) is 10.8 Å². The number of aryl methyl sites for hydroxylation is 1. The topological polar surface area (TPSA) is 63.1 Å². The van der Waals surface area contributed by atoms with E-state index >= 15 is 0 Å². The van der Waals surface area contributed by atoms with Crippen LogP contribution in [0, 0.1) is 23.8 Å². The molecule has 1 heterocycles. The summed E-state index contributed by atoms with van der Waals surface area (Å²) in [7, 11) is 0. The van der Waals surface area contributed by atoms with Gasteiger partial charge in [-0.25, -0.2) is 4.98 Å². The molecule has 0 unspecified atom stereocenters. The van der Waals surface area contributed by atoms with E-state index in [1.165, 1.54) is 28.0 Å². The number of benzene rings is 3. The molecule has 0 aliphatic rings. The molecule has 4 aromatic rings. The largest absolute Gasteiger partial charge is 0.512 e. The van der Waals surface area contributed by atoms with E-state index in [0.717, 1.165) is 33.5 Å². The number of aromatic nitrogens is 2. The number of aliphatic hydroxyl groups excluding tert-OH is 1. The molecule has 4 rings (SSSR count). The Bertz CT molecular complexity index is 1690. The molecule has 0 saturated heterocycles. The molecule has 5 heteroatoms. The summed E-state index contributed by atoms with van der Waals surface area (Å²) in [4.78, 5) is 21.7. The fraction of sp³-hybridized carbons (Fsp3) is 0.475. The summed E-state index contributed by atoms with van der Waals surface area (Å²) in [5.74, 6) is 1.66. The molecule has 1 radical (unpaired) electrons. The number of nitrogens with zero attached hydrogens (tertiary/aromatic N) is 2. The summed E-state index contributed by atoms with van der Waals surface area (Å²) in [6, 6.07) is 19.1. The van der Waals surface area contributed by atoms with Gasteiger partial charge in [-0.3, -0.25) is 9.78 Å². The summed E-state index contributed by atoms with van der Waals surface area (Å²) in [6.07, 6.45) is 1.33. The van der Waals surface area contributed by atoms with Gasteiger partial charge < -0.3 is 5.11 Å². The van der Waals surface area contributed by atoms with E-state index in [2.05, 4.69) is 104 Å². The Morgan fingerprint density at radius 1 is 0.844 bits per heavy atom. The number of hydrogen-bond acceptors (Lipinski definition) is 4. The Morgan fingerprint density at radius 3 is 1.98 bits per heavy atom. The SMILES string of the molecule is CC(C)(C)C(=O)/C=C(\O)C(C)(C)C.Cc1[c-]c(-c2nc(C(C)C)nc3c2ccc2cccc(C(C)C)c23)cc(C(C)(C)C)c1.[Ir]. The van der Waals surface area contributed by atoms with Crippen LogP contribution in [0.1, 0.15) is 124 Å². The van der Waals surface area contributed by atoms with Crippen molar-refractivity contribution in [1.82, 2.24) is 9.97 Å². The molecule has 0 spiro atoms. The van der Waals surface area contributed by atoms with Crippen molar-refractivity contribution in [3.63, 3.8) is 0 Å². The van der Waals surface area contributed by atoms with Crippen molar-refractivity contribution in [3.05, 3.63) is 82.9 Å². The van der Waals surface area contributed by atoms with Gasteiger partial charge in [0.15, 0.2) is 5.78 Å². The van der Waals surface area contributed by atoms with Gasteiger partial charge in [0.2, 0.25) is 0 Å². The number of carbonyl (C=O) groups excluding carboxylic acids is 1. The molecule has 45 heavy (non-hydrogen) atoms. The number of ketones is 1. The average molecular weight is 786 g/mol. The molecular weight excluding hydrogens is 733 g/mol. The zero-order chi connectivity index (χ0) is 33.4. The van der Waals surface area contributed by atoms with E-state index in [-0.39, 0.29) is 48.4 Å². The minimum atomic E-state index is -0.417. The summed E-state index contributed by atoms with van der Waals surface area (Å²) >= 11 is 0. The van der Waals surface area contributed by atoms with Crippen LogP contribution in [0.4, 0.5) is 0 Å². The third-order valence-corrected chi connectivity index (χ3v) is 7.80. The van der Waals surface area contributed by atoms with Crippen molar-refractivity contribution < 1.29 is 30.0 Å². The van der Waals surface area contributed by atoms with Crippen LogP contribution < -0.4 is 0 Å². The predicted molar refractivity (Wildman–Crippen MR) is 188 cm³/mol. The van der Waals surface area contributed by atoms with Crippen LogP contribution in [-0.2, 0) is 30.3 Å². The molecule has 0 bridgehead atoms. The summed E-state index contributed by atoms with van der Waals surface area (Å²) in [6.45, 7) is 28.8. The standard InChI is InChI=1S/C29H33N2.C11H20O2.Ir/c1-17(2)23-11-9-10-20-12-13-24-26(30-28(18(3)4)31-27(24)25(20)23)21-14-19(5)15-22(16-21)29(6,7)8;1-10(2,3)8(12)7-9(13)11(4,5)6;/h9-13,15-18H,1-8H3;7,12H,1-6H3;/q-1;;/b;8-7-;. The third kappa shape index (κ3) is 9.33. The van der Waals surface area contributed by atoms with Gasteiger partial charge in [-0.05, 0) is 33.4 Å². The van der Waals surface area contributed by atoms with Gasteiger partial charge in [0.05, 0.1) is 5.52 Å². The van der Waals surface area contributed by atoms with Gasteiger partial charge in [-0.15, -0.1) is 34.9 Å². The Labute approximate surface area is 285 Å². The van der Waals surface area contributed by atoms with Gasteiger partial charge >= 0.3 is 0 Å². The molecular formula is C40H53IrN2O2-. The molecule has 0 saturated carbocycles. The van der Waals surface area contributed by atoms with Crippen LogP contribution in [0.3, 0.4) is 0 Å². The van der Waals surface area contributed by atoms with Gasteiger partial charge in [0.25, 0.3) is 0 Å². The van der Waals surface area contributed by atoms with Crippen molar-refractivity contribution in [1.29, 1.82) is 0 Å². The van der Waals surface area contributed by atoms with Crippen molar-refractivity contribution in [3.8, 4) is 11.3 Å². The van der Waals surface area contributed by atoms with Crippen LogP contribution in [0.15, 0.2) is 54.3 Å². The fourth-order valence-electron chi connectivity index (χ4n) is 4.79. The molecule has 0 aliphatic carbocycles. The van der Waals surface area contributed by atoms with E-state index in [4.69, 9.17) is 9.97 Å². The van der Waals surface area contributed by atoms with Crippen LogP contribution in [0.25, 0.3) is 32.9 Å². The van der Waals surface area contributed by atoms with Crippen LogP contribution in [-0.4, -0.2) is 20.9 Å². The van der Waals surface area contributed by atoms with E-state index < -0.39 is 5.41 Å². The maximum atomic E-state index is 11.5. The Hall–Kier alpha value is -2.88. The Morgan fingerprint density at radius 2 is 1.47 bits per heavy atom. The molecule has 1 aromatic heterocycles. The quantitative estimate of drug-likeness (QED) is 0.0969. The van der Waals surface area contributed by atoms with E-state index in [0.29, 0.717) is 5.92 Å². The van der Waals surface area contributed by atoms with Crippen LogP contribution in [0.2, 0.25) is 0 Å². The fourth-order valence-corrected chi connectivity index (χ4v) is 4.79. The van der Waals surface area contributed by atoms with Crippen LogP contribution >= 0.6 is 0 Å². The number of rotatable bonds is 4. The molecule has 3 aromatic carbocycles. The van der Waals surface area contributed by atoms with E-state index in [1.54, 1.807) is 0 Å². The molecule has 0 atom stereocenters. The normalized spacial score (nSPS) is 12.8. The minimum Gasteiger partial charge on any atom is -0.512 e. The zero-order valence-corrected chi connectivity index (χ0v) is 32.3. The van der Waals surface area contributed by atoms with Crippen molar-refractivity contribution in [2.75, 3.05) is 0 Å². The number of carbonyl (C=O) groups is 1. The van der Waals surface area contributed by atoms with Crippen molar-refractivity contribution >= 4 is 27.5 Å². The average Bonchev–Trinajstić information content (AvgIpc) is 2.90. The maximum absolute atomic E-state index is 11.5. The van der Waals surface area contributed by atoms with Gasteiger partial charge in [0.1, 0.15) is 11.6 Å². The molecule has 0 amide bonds. The molecule has 4 nitrogen and oxygen atoms in total. The first-order valence-electron chi connectivity index (χ1n) is 15.8. The second-order valence-electron chi connectivity index (χ2n) is 15.8. The number of aliphatic hydroxyl groups is 1. The Balaban J connectivity index is 0.000000430. The zero-order valence-electron chi connectivity index (χ0n) is 29.9. The van der Waals surface area contributed by atoms with Gasteiger partial charge in [-0.2, -0.15) is 0 Å². The van der Waals surface area contributed by atoms with Crippen LogP contribution in [0.5, 0.6) is 0 Å². The second-order valence-corrected chi connectivity index (χ2v) is 15.8. The number of fused-ring (bicyclic) bond motifs is 3. The third-order valence-electron chi connectivity index (χ3n) is 7.80. The number of allylic oxidation sites excluding steroid dienone is 2. The molecule has 0 aliphatic heterocycles. The minimum absolute atomic E-state index is 0. The first-order valence-corrected chi connectivity index (χ1v) is 15.8.